The monoisotopic (exact) mass is 286 g/mol. The molecule has 1 aromatic heterocycles. The van der Waals surface area contributed by atoms with Crippen molar-refractivity contribution in [3.63, 3.8) is 0 Å². The second-order valence-corrected chi connectivity index (χ2v) is 5.15. The predicted octanol–water partition coefficient (Wildman–Crippen LogP) is 2.44. The third-order valence-corrected chi connectivity index (χ3v) is 3.77. The number of nitrogens with zero attached hydrogens (tertiary/aromatic N) is 2. The van der Waals surface area contributed by atoms with Crippen molar-refractivity contribution in [2.24, 2.45) is 0 Å². The van der Waals surface area contributed by atoms with E-state index in [1.54, 1.807) is 12.5 Å². The van der Waals surface area contributed by atoms with E-state index in [0.29, 0.717) is 12.3 Å². The van der Waals surface area contributed by atoms with Gasteiger partial charge in [0.05, 0.1) is 24.7 Å². The summed E-state index contributed by atoms with van der Waals surface area (Å²) < 4.78 is 12.4. The van der Waals surface area contributed by atoms with E-state index in [4.69, 9.17) is 9.47 Å². The molecule has 1 fully saturated rings. The fourth-order valence-electron chi connectivity index (χ4n) is 2.32. The summed E-state index contributed by atoms with van der Waals surface area (Å²) in [4.78, 5) is 16.3. The third-order valence-electron chi connectivity index (χ3n) is 3.77. The second kappa shape index (κ2) is 6.10. The molecule has 1 saturated heterocycles. The lowest BCUT2D eigenvalue weighted by molar-refractivity contribution is -0.0826. The number of esters is 1. The van der Waals surface area contributed by atoms with Gasteiger partial charge in [-0.3, -0.25) is 0 Å². The fourth-order valence-corrected chi connectivity index (χ4v) is 2.32. The summed E-state index contributed by atoms with van der Waals surface area (Å²) >= 11 is 0. The van der Waals surface area contributed by atoms with Crippen molar-refractivity contribution in [3.8, 4) is 0 Å². The normalized spacial score (nSPS) is 18.8. The van der Waals surface area contributed by atoms with Gasteiger partial charge in [0.1, 0.15) is 12.3 Å². The molecule has 5 heteroatoms. The average molecular weight is 286 g/mol. The Morgan fingerprint density at radius 2 is 2.24 bits per heavy atom. The Morgan fingerprint density at radius 1 is 1.48 bits per heavy atom. The van der Waals surface area contributed by atoms with Crippen LogP contribution in [0.4, 0.5) is 0 Å². The molecule has 1 aliphatic rings. The Kier molecular flexibility index (Phi) is 4.01. The van der Waals surface area contributed by atoms with Gasteiger partial charge in [-0.05, 0) is 12.5 Å². The van der Waals surface area contributed by atoms with Gasteiger partial charge in [-0.25, -0.2) is 9.78 Å². The highest BCUT2D eigenvalue weighted by molar-refractivity contribution is 5.87. The van der Waals surface area contributed by atoms with E-state index >= 15 is 0 Å². The quantitative estimate of drug-likeness (QED) is 0.792. The zero-order valence-corrected chi connectivity index (χ0v) is 11.9. The molecule has 0 saturated carbocycles. The van der Waals surface area contributed by atoms with Crippen LogP contribution in [-0.2, 0) is 9.47 Å². The Balaban J connectivity index is 1.72. The molecule has 3 rings (SSSR count). The highest BCUT2D eigenvalue weighted by Gasteiger charge is 2.23. The molecule has 0 N–H and O–H groups in total. The minimum absolute atomic E-state index is 0.0243. The molecule has 2 atom stereocenters. The number of hydrogen-bond donors (Lipinski definition) is 0. The number of hydrogen-bond acceptors (Lipinski definition) is 4. The summed E-state index contributed by atoms with van der Waals surface area (Å²) in [6, 6.07) is 10.0. The first-order valence-electron chi connectivity index (χ1n) is 7.11. The summed E-state index contributed by atoms with van der Waals surface area (Å²) in [5.74, 6) is -0.356. The number of imidazole rings is 1. The van der Waals surface area contributed by atoms with E-state index in [1.165, 1.54) is 0 Å². The molecule has 1 unspecified atom stereocenters. The first kappa shape index (κ1) is 13.8. The second-order valence-electron chi connectivity index (χ2n) is 5.15. The molecule has 0 bridgehead atoms. The molecule has 0 amide bonds. The molecule has 2 heterocycles. The van der Waals surface area contributed by atoms with Crippen molar-refractivity contribution >= 4 is 5.97 Å². The lowest BCUT2D eigenvalue weighted by Crippen LogP contribution is -2.32. The van der Waals surface area contributed by atoms with Gasteiger partial charge >= 0.3 is 5.97 Å². The lowest BCUT2D eigenvalue weighted by Gasteiger charge is -2.25. The first-order chi connectivity index (χ1) is 10.3. The Hall–Kier alpha value is -2.14. The van der Waals surface area contributed by atoms with Crippen LogP contribution in [0.15, 0.2) is 42.9 Å². The summed E-state index contributed by atoms with van der Waals surface area (Å²) in [7, 11) is 0. The van der Waals surface area contributed by atoms with Crippen molar-refractivity contribution in [1.29, 1.82) is 0 Å². The van der Waals surface area contributed by atoms with Crippen molar-refractivity contribution < 1.29 is 14.3 Å². The molecule has 21 heavy (non-hydrogen) atoms. The Morgan fingerprint density at radius 3 is 2.90 bits per heavy atom. The van der Waals surface area contributed by atoms with Gasteiger partial charge in [0.25, 0.3) is 0 Å². The fraction of sp³-hybridized carbons (Fsp3) is 0.375. The van der Waals surface area contributed by atoms with E-state index < -0.39 is 0 Å². The van der Waals surface area contributed by atoms with Crippen LogP contribution < -0.4 is 0 Å². The van der Waals surface area contributed by atoms with Crippen LogP contribution in [0.25, 0.3) is 0 Å². The van der Waals surface area contributed by atoms with Gasteiger partial charge in [-0.2, -0.15) is 0 Å². The third kappa shape index (κ3) is 2.97. The maximum Gasteiger partial charge on any atom is 0.356 e. The largest absolute Gasteiger partial charge is 0.458 e. The van der Waals surface area contributed by atoms with Gasteiger partial charge in [-0.1, -0.05) is 30.3 Å². The van der Waals surface area contributed by atoms with Gasteiger partial charge in [-0.15, -0.1) is 0 Å². The molecule has 110 valence electrons. The van der Waals surface area contributed by atoms with Crippen molar-refractivity contribution in [2.45, 2.75) is 25.5 Å². The van der Waals surface area contributed by atoms with Gasteiger partial charge in [0, 0.05) is 13.0 Å². The van der Waals surface area contributed by atoms with Gasteiger partial charge in [0.2, 0.25) is 0 Å². The molecule has 0 radical (unpaired) electrons. The van der Waals surface area contributed by atoms with Crippen LogP contribution in [0.2, 0.25) is 0 Å². The SMILES string of the molecule is C[C@H](c1ccccc1)n1cncc1C(=O)OCC1CCO1. The number of rotatable bonds is 5. The van der Waals surface area contributed by atoms with E-state index in [-0.39, 0.29) is 18.1 Å². The number of benzene rings is 1. The zero-order chi connectivity index (χ0) is 14.7. The molecule has 1 aromatic carbocycles. The summed E-state index contributed by atoms with van der Waals surface area (Å²) in [6.45, 7) is 3.09. The molecule has 1 aliphatic heterocycles. The van der Waals surface area contributed by atoms with Crippen LogP contribution in [0, 0.1) is 0 Å². The highest BCUT2D eigenvalue weighted by atomic mass is 16.6. The summed E-state index contributed by atoms with van der Waals surface area (Å²) in [6.07, 6.45) is 4.21. The molecule has 0 aliphatic carbocycles. The van der Waals surface area contributed by atoms with E-state index in [1.807, 2.05) is 41.8 Å². The topological polar surface area (TPSA) is 53.4 Å². The van der Waals surface area contributed by atoms with Crippen molar-refractivity contribution in [1.82, 2.24) is 9.55 Å². The summed E-state index contributed by atoms with van der Waals surface area (Å²) in [5.41, 5.74) is 1.58. The van der Waals surface area contributed by atoms with Crippen LogP contribution in [0.5, 0.6) is 0 Å². The molecule has 5 nitrogen and oxygen atoms in total. The average Bonchev–Trinajstić information content (AvgIpc) is 2.95. The maximum atomic E-state index is 12.2. The van der Waals surface area contributed by atoms with E-state index in [2.05, 4.69) is 4.98 Å². The maximum absolute atomic E-state index is 12.2. The smallest absolute Gasteiger partial charge is 0.356 e. The number of carbonyl (C=O) groups is 1. The van der Waals surface area contributed by atoms with Crippen molar-refractivity contribution in [3.05, 3.63) is 54.1 Å². The van der Waals surface area contributed by atoms with Gasteiger partial charge < -0.3 is 14.0 Å². The standard InChI is InChI=1S/C16H18N2O3/c1-12(13-5-3-2-4-6-13)18-11-17-9-15(18)16(19)21-10-14-7-8-20-14/h2-6,9,11-12,14H,7-8,10H2,1H3/t12-,14?/m1/s1. The molecule has 2 aromatic rings. The number of carbonyl (C=O) groups excluding carboxylic acids is 1. The van der Waals surface area contributed by atoms with Gasteiger partial charge in [0.15, 0.2) is 0 Å². The minimum atomic E-state index is -0.356. The van der Waals surface area contributed by atoms with Crippen LogP contribution in [-0.4, -0.2) is 34.8 Å². The molecular weight excluding hydrogens is 268 g/mol. The zero-order valence-electron chi connectivity index (χ0n) is 11.9. The predicted molar refractivity (Wildman–Crippen MR) is 77.1 cm³/mol. The lowest BCUT2D eigenvalue weighted by atomic mass is 10.1. The first-order valence-corrected chi connectivity index (χ1v) is 7.11. The summed E-state index contributed by atoms with van der Waals surface area (Å²) in [5, 5.41) is 0. The van der Waals surface area contributed by atoms with Crippen LogP contribution in [0.1, 0.15) is 35.4 Å². The molecule has 0 spiro atoms. The van der Waals surface area contributed by atoms with Crippen molar-refractivity contribution in [2.75, 3.05) is 13.2 Å². The minimum Gasteiger partial charge on any atom is -0.458 e. The Labute approximate surface area is 123 Å². The van der Waals surface area contributed by atoms with Crippen LogP contribution >= 0.6 is 0 Å². The molecular formula is C16H18N2O3. The number of aromatic nitrogens is 2. The number of ether oxygens (including phenoxy) is 2. The van der Waals surface area contributed by atoms with E-state index in [9.17, 15) is 4.79 Å². The Bertz CT molecular complexity index is 605. The van der Waals surface area contributed by atoms with Crippen LogP contribution in [0.3, 0.4) is 0 Å². The highest BCUT2D eigenvalue weighted by Crippen LogP contribution is 2.20. The van der Waals surface area contributed by atoms with E-state index in [0.717, 1.165) is 18.6 Å².